The Morgan fingerprint density at radius 1 is 1.27 bits per heavy atom. The Bertz CT molecular complexity index is 936. The summed E-state index contributed by atoms with van der Waals surface area (Å²) in [5.74, 6) is 1.18. The van der Waals surface area contributed by atoms with Gasteiger partial charge in [-0.15, -0.1) is 11.8 Å². The van der Waals surface area contributed by atoms with E-state index in [2.05, 4.69) is 71.2 Å². The van der Waals surface area contributed by atoms with Gasteiger partial charge in [-0.1, -0.05) is 42.5 Å². The summed E-state index contributed by atoms with van der Waals surface area (Å²) in [6.45, 7) is 6.40. The summed E-state index contributed by atoms with van der Waals surface area (Å²) in [6, 6.07) is 10.7. The molecule has 4 aliphatic rings. The summed E-state index contributed by atoms with van der Waals surface area (Å²) in [4.78, 5) is 8.59. The largest absolute Gasteiger partial charge is 0.375 e. The van der Waals surface area contributed by atoms with Crippen LogP contribution in [-0.2, 0) is 11.3 Å². The van der Waals surface area contributed by atoms with Crippen molar-refractivity contribution in [1.82, 2.24) is 15.5 Å². The lowest BCUT2D eigenvalue weighted by molar-refractivity contribution is 0.0775. The molecule has 5 rings (SSSR count). The predicted molar refractivity (Wildman–Crippen MR) is 124 cm³/mol. The van der Waals surface area contributed by atoms with Gasteiger partial charge in [0.2, 0.25) is 0 Å². The second-order valence-corrected chi connectivity index (χ2v) is 9.51. The molecule has 3 unspecified atom stereocenters. The molecule has 0 aromatic heterocycles. The molecule has 1 aromatic rings. The maximum atomic E-state index is 6.00. The van der Waals surface area contributed by atoms with Crippen LogP contribution in [0.25, 0.3) is 0 Å². The van der Waals surface area contributed by atoms with E-state index in [0.717, 1.165) is 19.6 Å². The number of nitrogens with one attached hydrogen (secondary N) is 2. The van der Waals surface area contributed by atoms with Crippen LogP contribution in [0.4, 0.5) is 0 Å². The fourth-order valence-corrected chi connectivity index (χ4v) is 5.75. The van der Waals surface area contributed by atoms with Crippen molar-refractivity contribution in [2.24, 2.45) is 10.4 Å². The Kier molecular flexibility index (Phi) is 5.54. The van der Waals surface area contributed by atoms with E-state index in [0.29, 0.717) is 19.3 Å². The Morgan fingerprint density at radius 3 is 3.07 bits per heavy atom. The van der Waals surface area contributed by atoms with Crippen molar-refractivity contribution in [1.29, 1.82) is 0 Å². The number of hydrogen-bond acceptors (Lipinski definition) is 6. The topological polar surface area (TPSA) is 48.9 Å². The van der Waals surface area contributed by atoms with E-state index < -0.39 is 0 Å². The summed E-state index contributed by atoms with van der Waals surface area (Å²) < 4.78 is 6.00. The smallest absolute Gasteiger partial charge is 0.116 e. The van der Waals surface area contributed by atoms with E-state index in [4.69, 9.17) is 9.73 Å². The number of aliphatic imine (C=N–C) groups is 1. The van der Waals surface area contributed by atoms with Crippen molar-refractivity contribution in [2.45, 2.75) is 24.9 Å². The average molecular weight is 421 g/mol. The first-order valence-electron chi connectivity index (χ1n) is 10.6. The molecule has 5 nitrogen and oxygen atoms in total. The van der Waals surface area contributed by atoms with Gasteiger partial charge in [-0.05, 0) is 35.1 Å². The van der Waals surface area contributed by atoms with Crippen molar-refractivity contribution < 1.29 is 4.74 Å². The van der Waals surface area contributed by atoms with Gasteiger partial charge in [-0.2, -0.15) is 0 Å². The van der Waals surface area contributed by atoms with Crippen LogP contribution >= 0.6 is 11.8 Å². The molecule has 1 fully saturated rings. The Morgan fingerprint density at radius 2 is 2.17 bits per heavy atom. The van der Waals surface area contributed by atoms with Gasteiger partial charge in [-0.3, -0.25) is 4.99 Å². The van der Waals surface area contributed by atoms with Crippen LogP contribution in [-0.4, -0.2) is 48.8 Å². The van der Waals surface area contributed by atoms with Crippen LogP contribution in [0.15, 0.2) is 82.1 Å². The number of benzene rings is 1. The van der Waals surface area contributed by atoms with Crippen LogP contribution < -0.4 is 10.6 Å². The highest BCUT2D eigenvalue weighted by Crippen LogP contribution is 2.53. The minimum atomic E-state index is -0.164. The quantitative estimate of drug-likeness (QED) is 0.765. The third-order valence-electron chi connectivity index (χ3n) is 6.01. The minimum Gasteiger partial charge on any atom is -0.375 e. The highest BCUT2D eigenvalue weighted by molar-refractivity contribution is 8.03. The van der Waals surface area contributed by atoms with Crippen LogP contribution in [0, 0.1) is 5.41 Å². The van der Waals surface area contributed by atoms with Gasteiger partial charge in [-0.25, -0.2) is 0 Å². The Hall–Kier alpha value is -2.28. The second kappa shape index (κ2) is 8.46. The molecule has 0 bridgehead atoms. The summed E-state index contributed by atoms with van der Waals surface area (Å²) in [6.07, 6.45) is 13.1. The molecule has 6 heteroatoms. The number of allylic oxidation sites excluding steroid dienone is 3. The number of piperazine rings is 1. The third kappa shape index (κ3) is 3.87. The van der Waals surface area contributed by atoms with E-state index in [-0.39, 0.29) is 10.8 Å². The molecule has 4 heterocycles. The first-order valence-corrected chi connectivity index (χ1v) is 11.5. The van der Waals surface area contributed by atoms with Gasteiger partial charge in [0.15, 0.2) is 0 Å². The molecule has 3 atom stereocenters. The number of hydrogen-bond donors (Lipinski definition) is 2. The maximum absolute atomic E-state index is 6.00. The average Bonchev–Trinajstić information content (AvgIpc) is 2.97. The zero-order chi connectivity index (χ0) is 20.4. The number of ether oxygens (including phenoxy) is 1. The predicted octanol–water partition coefficient (Wildman–Crippen LogP) is 3.41. The SMILES string of the molecule is CC1=CC23C=C(N4CCNC(COCc5ccccc5)C4)NC=C2C=CC=NC3S1. The van der Waals surface area contributed by atoms with E-state index in [9.17, 15) is 0 Å². The van der Waals surface area contributed by atoms with Gasteiger partial charge in [0.05, 0.1) is 18.6 Å². The zero-order valence-electron chi connectivity index (χ0n) is 17.3. The molecule has 156 valence electrons. The molecule has 30 heavy (non-hydrogen) atoms. The fraction of sp³-hybridized carbons (Fsp3) is 0.375. The van der Waals surface area contributed by atoms with E-state index in [1.54, 1.807) is 0 Å². The Balaban J connectivity index is 1.27. The first kappa shape index (κ1) is 19.7. The lowest BCUT2D eigenvalue weighted by Gasteiger charge is -2.40. The highest BCUT2D eigenvalue weighted by Gasteiger charge is 2.45. The molecule has 1 spiro atoms. The van der Waals surface area contributed by atoms with Crippen LogP contribution in [0.1, 0.15) is 12.5 Å². The highest BCUT2D eigenvalue weighted by atomic mass is 32.2. The van der Waals surface area contributed by atoms with Gasteiger partial charge in [0, 0.05) is 38.1 Å². The van der Waals surface area contributed by atoms with Crippen LogP contribution in [0.2, 0.25) is 0 Å². The number of dihydropyridines is 1. The van der Waals surface area contributed by atoms with Crippen LogP contribution in [0.3, 0.4) is 0 Å². The van der Waals surface area contributed by atoms with E-state index in [1.807, 2.05) is 30.1 Å². The summed E-state index contributed by atoms with van der Waals surface area (Å²) in [5.41, 5.74) is 2.33. The molecular weight excluding hydrogens is 392 g/mol. The molecule has 0 radical (unpaired) electrons. The van der Waals surface area contributed by atoms with Gasteiger partial charge in [0.25, 0.3) is 0 Å². The van der Waals surface area contributed by atoms with Crippen molar-refractivity contribution in [2.75, 3.05) is 26.2 Å². The monoisotopic (exact) mass is 420 g/mol. The van der Waals surface area contributed by atoms with Crippen molar-refractivity contribution in [3.8, 4) is 0 Å². The zero-order valence-corrected chi connectivity index (χ0v) is 18.1. The van der Waals surface area contributed by atoms with Crippen LogP contribution in [0.5, 0.6) is 0 Å². The molecule has 0 amide bonds. The lowest BCUT2D eigenvalue weighted by Crippen LogP contribution is -2.54. The van der Waals surface area contributed by atoms with E-state index >= 15 is 0 Å². The Labute approximate surface area is 182 Å². The van der Waals surface area contributed by atoms with Crippen molar-refractivity contribution in [3.63, 3.8) is 0 Å². The summed E-state index contributed by atoms with van der Waals surface area (Å²) in [7, 11) is 0. The number of nitrogens with zero attached hydrogens (tertiary/aromatic N) is 2. The first-order chi connectivity index (χ1) is 14.7. The van der Waals surface area contributed by atoms with Gasteiger partial charge < -0.3 is 20.3 Å². The molecule has 1 aromatic carbocycles. The molecule has 2 N–H and O–H groups in total. The number of thioether (sulfide) groups is 1. The third-order valence-corrected chi connectivity index (χ3v) is 7.23. The molecule has 1 saturated heterocycles. The van der Waals surface area contributed by atoms with E-state index in [1.165, 1.54) is 21.9 Å². The summed E-state index contributed by atoms with van der Waals surface area (Å²) >= 11 is 1.86. The maximum Gasteiger partial charge on any atom is 0.116 e. The molecule has 0 aliphatic carbocycles. The summed E-state index contributed by atoms with van der Waals surface area (Å²) in [5, 5.41) is 7.33. The molecular formula is C24H28N4OS. The van der Waals surface area contributed by atoms with Gasteiger partial charge >= 0.3 is 0 Å². The second-order valence-electron chi connectivity index (χ2n) is 8.19. The fourth-order valence-electron chi connectivity index (χ4n) is 4.53. The van der Waals surface area contributed by atoms with Crippen molar-refractivity contribution in [3.05, 3.63) is 82.7 Å². The lowest BCUT2D eigenvalue weighted by atomic mass is 9.78. The molecule has 0 saturated carbocycles. The van der Waals surface area contributed by atoms with Crippen molar-refractivity contribution >= 4 is 18.0 Å². The standard InChI is InChI=1S/C24H28N4OS/c1-18-12-24-13-22(27-14-20(24)8-5-9-26-23(24)30-18)28-11-10-25-21(15-28)17-29-16-19-6-3-2-4-7-19/h2-9,12-14,21,23,25,27H,10-11,15-17H2,1H3. The van der Waals surface area contributed by atoms with Gasteiger partial charge in [0.1, 0.15) is 11.2 Å². The normalized spacial score (nSPS) is 29.9. The minimum absolute atomic E-state index is 0.164. The number of rotatable bonds is 5. The molecule has 4 aliphatic heterocycles.